The number of aryl methyl sites for hydroxylation is 2. The van der Waals surface area contributed by atoms with Crippen molar-refractivity contribution in [3.05, 3.63) is 47.4 Å². The number of carbonyl (C=O) groups excluding carboxylic acids is 1. The van der Waals surface area contributed by atoms with Crippen LogP contribution in [0.2, 0.25) is 0 Å². The maximum Gasteiger partial charge on any atom is 0.319 e. The van der Waals surface area contributed by atoms with Crippen LogP contribution < -0.4 is 15.4 Å². The summed E-state index contributed by atoms with van der Waals surface area (Å²) in [5.41, 5.74) is 4.11. The number of nitrogens with one attached hydrogen (secondary N) is 2. The minimum absolute atomic E-state index is 0.244. The van der Waals surface area contributed by atoms with Crippen LogP contribution in [0.4, 0.5) is 10.5 Å². The van der Waals surface area contributed by atoms with Crippen molar-refractivity contribution in [1.29, 1.82) is 0 Å². The van der Waals surface area contributed by atoms with Gasteiger partial charge >= 0.3 is 6.03 Å². The molecule has 0 saturated carbocycles. The molecule has 136 valence electrons. The third-order valence-corrected chi connectivity index (χ3v) is 4.19. The van der Waals surface area contributed by atoms with Crippen molar-refractivity contribution in [2.45, 2.75) is 27.3 Å². The van der Waals surface area contributed by atoms with Crippen LogP contribution in [0.1, 0.15) is 24.0 Å². The van der Waals surface area contributed by atoms with Crippen molar-refractivity contribution in [3.63, 3.8) is 0 Å². The van der Waals surface area contributed by atoms with Gasteiger partial charge in [-0.2, -0.15) is 0 Å². The molecule has 7 nitrogen and oxygen atoms in total. The summed E-state index contributed by atoms with van der Waals surface area (Å²) in [5.74, 6) is 1.70. The Morgan fingerprint density at radius 3 is 2.58 bits per heavy atom. The van der Waals surface area contributed by atoms with Gasteiger partial charge < -0.3 is 19.9 Å². The molecule has 2 aromatic heterocycles. The first kappa shape index (κ1) is 17.7. The number of benzene rings is 1. The average Bonchev–Trinajstić information content (AvgIpc) is 2.91. The Labute approximate surface area is 152 Å². The molecule has 2 N–H and O–H groups in total. The molecule has 0 aliphatic rings. The van der Waals surface area contributed by atoms with Gasteiger partial charge in [0.2, 0.25) is 0 Å². The van der Waals surface area contributed by atoms with Gasteiger partial charge in [0.15, 0.2) is 5.65 Å². The summed E-state index contributed by atoms with van der Waals surface area (Å²) in [5, 5.41) is 5.53. The highest BCUT2D eigenvalue weighted by molar-refractivity contribution is 5.92. The number of rotatable bonds is 5. The number of amides is 2. The number of ether oxygens (including phenoxy) is 1. The topological polar surface area (TPSA) is 81.1 Å². The van der Waals surface area contributed by atoms with Crippen molar-refractivity contribution >= 4 is 22.9 Å². The molecule has 0 bridgehead atoms. The molecule has 1 aromatic carbocycles. The highest BCUT2D eigenvalue weighted by atomic mass is 16.5. The Morgan fingerprint density at radius 2 is 1.92 bits per heavy atom. The molecular weight excluding hydrogens is 330 g/mol. The van der Waals surface area contributed by atoms with Gasteiger partial charge in [-0.3, -0.25) is 0 Å². The van der Waals surface area contributed by atoms with Crippen LogP contribution in [0, 0.1) is 13.8 Å². The lowest BCUT2D eigenvalue weighted by atomic mass is 10.2. The van der Waals surface area contributed by atoms with E-state index in [1.807, 2.05) is 51.1 Å². The van der Waals surface area contributed by atoms with Gasteiger partial charge in [-0.15, -0.1) is 0 Å². The molecule has 2 heterocycles. The van der Waals surface area contributed by atoms with Gasteiger partial charge in [-0.1, -0.05) is 12.1 Å². The van der Waals surface area contributed by atoms with Crippen molar-refractivity contribution < 1.29 is 9.53 Å². The number of urea groups is 1. The lowest BCUT2D eigenvalue weighted by molar-refractivity contribution is 0.252. The van der Waals surface area contributed by atoms with Crippen LogP contribution in [-0.4, -0.2) is 34.2 Å². The summed E-state index contributed by atoms with van der Waals surface area (Å²) in [6, 6.07) is 9.56. The Kier molecular flexibility index (Phi) is 5.06. The fourth-order valence-corrected chi connectivity index (χ4v) is 2.81. The van der Waals surface area contributed by atoms with Crippen LogP contribution in [-0.2, 0) is 6.54 Å². The summed E-state index contributed by atoms with van der Waals surface area (Å²) < 4.78 is 7.27. The lowest BCUT2D eigenvalue weighted by Crippen LogP contribution is -2.28. The number of methoxy groups -OCH3 is 1. The van der Waals surface area contributed by atoms with E-state index in [0.29, 0.717) is 18.8 Å². The molecule has 0 atom stereocenters. The van der Waals surface area contributed by atoms with E-state index >= 15 is 0 Å². The standard InChI is InChI=1S/C19H23N5O2/c1-5-20-19(25)23-16-10-17-18(21-12(16)2)24(13(3)22-17)11-14-6-8-15(26-4)9-7-14/h6-10H,5,11H2,1-4H3,(H2,20,23,25). The lowest BCUT2D eigenvalue weighted by Gasteiger charge is -2.10. The average molecular weight is 353 g/mol. The molecule has 0 aliphatic heterocycles. The smallest absolute Gasteiger partial charge is 0.319 e. The largest absolute Gasteiger partial charge is 0.497 e. The fraction of sp³-hybridized carbons (Fsp3) is 0.316. The molecule has 26 heavy (non-hydrogen) atoms. The number of imidazole rings is 1. The maximum atomic E-state index is 11.8. The summed E-state index contributed by atoms with van der Waals surface area (Å²) >= 11 is 0. The van der Waals surface area contributed by atoms with E-state index in [9.17, 15) is 4.79 Å². The van der Waals surface area contributed by atoms with E-state index in [4.69, 9.17) is 4.74 Å². The van der Waals surface area contributed by atoms with Crippen molar-refractivity contribution in [2.75, 3.05) is 19.0 Å². The monoisotopic (exact) mass is 353 g/mol. The van der Waals surface area contributed by atoms with Crippen LogP contribution in [0.5, 0.6) is 5.75 Å². The molecule has 7 heteroatoms. The zero-order chi connectivity index (χ0) is 18.7. The van der Waals surface area contributed by atoms with Gasteiger partial charge in [0, 0.05) is 6.54 Å². The first-order valence-electron chi connectivity index (χ1n) is 8.54. The number of aromatic nitrogens is 3. The van der Waals surface area contributed by atoms with Gasteiger partial charge in [0.1, 0.15) is 17.1 Å². The Bertz CT molecular complexity index is 931. The van der Waals surface area contributed by atoms with Crippen LogP contribution in [0.3, 0.4) is 0 Å². The number of hydrogen-bond acceptors (Lipinski definition) is 4. The number of fused-ring (bicyclic) bond motifs is 1. The Balaban J connectivity index is 1.92. The van der Waals surface area contributed by atoms with E-state index < -0.39 is 0 Å². The molecule has 0 saturated heterocycles. The van der Waals surface area contributed by atoms with E-state index in [2.05, 4.69) is 25.2 Å². The van der Waals surface area contributed by atoms with E-state index in [0.717, 1.165) is 34.0 Å². The quantitative estimate of drug-likeness (QED) is 0.738. The molecule has 3 aromatic rings. The van der Waals surface area contributed by atoms with E-state index in [1.165, 1.54) is 0 Å². The molecule has 0 aliphatic carbocycles. The van der Waals surface area contributed by atoms with Crippen molar-refractivity contribution in [1.82, 2.24) is 19.9 Å². The zero-order valence-electron chi connectivity index (χ0n) is 15.5. The first-order chi connectivity index (χ1) is 12.5. The first-order valence-corrected chi connectivity index (χ1v) is 8.54. The highest BCUT2D eigenvalue weighted by Crippen LogP contribution is 2.23. The van der Waals surface area contributed by atoms with Crippen LogP contribution >= 0.6 is 0 Å². The molecule has 0 fully saturated rings. The molecule has 3 rings (SSSR count). The highest BCUT2D eigenvalue weighted by Gasteiger charge is 2.13. The van der Waals surface area contributed by atoms with Crippen molar-refractivity contribution in [3.8, 4) is 5.75 Å². The predicted octanol–water partition coefficient (Wildman–Crippen LogP) is 3.25. The summed E-state index contributed by atoms with van der Waals surface area (Å²) in [6.45, 7) is 6.94. The summed E-state index contributed by atoms with van der Waals surface area (Å²) in [4.78, 5) is 21.1. The second kappa shape index (κ2) is 7.43. The Hall–Kier alpha value is -3.09. The zero-order valence-corrected chi connectivity index (χ0v) is 15.5. The van der Waals surface area contributed by atoms with E-state index in [1.54, 1.807) is 7.11 Å². The maximum absolute atomic E-state index is 11.8. The minimum Gasteiger partial charge on any atom is -0.497 e. The number of anilines is 1. The number of carbonyl (C=O) groups is 1. The van der Waals surface area contributed by atoms with Gasteiger partial charge in [0.25, 0.3) is 0 Å². The third-order valence-electron chi connectivity index (χ3n) is 4.19. The van der Waals surface area contributed by atoms with Gasteiger partial charge in [0.05, 0.1) is 25.0 Å². The van der Waals surface area contributed by atoms with Gasteiger partial charge in [-0.25, -0.2) is 14.8 Å². The second-order valence-corrected chi connectivity index (χ2v) is 6.04. The molecule has 0 spiro atoms. The van der Waals surface area contributed by atoms with E-state index in [-0.39, 0.29) is 6.03 Å². The third kappa shape index (κ3) is 3.61. The van der Waals surface area contributed by atoms with Crippen molar-refractivity contribution in [2.24, 2.45) is 0 Å². The molecule has 0 unspecified atom stereocenters. The van der Waals surface area contributed by atoms with Gasteiger partial charge in [-0.05, 0) is 44.5 Å². The summed E-state index contributed by atoms with van der Waals surface area (Å²) in [6.07, 6.45) is 0. The molecular formula is C19H23N5O2. The summed E-state index contributed by atoms with van der Waals surface area (Å²) in [7, 11) is 1.65. The number of nitrogens with zero attached hydrogens (tertiary/aromatic N) is 3. The minimum atomic E-state index is -0.244. The fourth-order valence-electron chi connectivity index (χ4n) is 2.81. The predicted molar refractivity (Wildman–Crippen MR) is 102 cm³/mol. The molecule has 2 amide bonds. The molecule has 0 radical (unpaired) electrons. The van der Waals surface area contributed by atoms with Crippen LogP contribution in [0.15, 0.2) is 30.3 Å². The number of pyridine rings is 1. The normalized spacial score (nSPS) is 10.8. The SMILES string of the molecule is CCNC(=O)Nc1cc2nc(C)n(Cc3ccc(OC)cc3)c2nc1C. The number of hydrogen-bond donors (Lipinski definition) is 2. The Morgan fingerprint density at radius 1 is 1.19 bits per heavy atom. The van der Waals surface area contributed by atoms with Crippen LogP contribution in [0.25, 0.3) is 11.2 Å². The second-order valence-electron chi connectivity index (χ2n) is 6.04.